The van der Waals surface area contributed by atoms with Crippen molar-refractivity contribution in [3.63, 3.8) is 0 Å². The van der Waals surface area contributed by atoms with Gasteiger partial charge in [0.2, 0.25) is 5.82 Å². The number of benzene rings is 1. The summed E-state index contributed by atoms with van der Waals surface area (Å²) in [5.41, 5.74) is -2.19. The molecule has 1 N–H and O–H groups in total. The summed E-state index contributed by atoms with van der Waals surface area (Å²) in [5, 5.41) is 9.07. The molecule has 1 nitrogen and oxygen atoms in total. The van der Waals surface area contributed by atoms with Gasteiger partial charge in [-0.05, 0) is 6.42 Å². The van der Waals surface area contributed by atoms with E-state index in [2.05, 4.69) is 0 Å². The van der Waals surface area contributed by atoms with Gasteiger partial charge in [-0.3, -0.25) is 0 Å². The summed E-state index contributed by atoms with van der Waals surface area (Å²) in [6.45, 7) is 0.742. The maximum absolute atomic E-state index is 14.2. The summed E-state index contributed by atoms with van der Waals surface area (Å²) in [6.07, 6.45) is 2.05. The van der Waals surface area contributed by atoms with E-state index in [9.17, 15) is 30.7 Å². The largest absolute Gasteiger partial charge is 0.396 e. The number of aliphatic hydroxyl groups is 1. The predicted octanol–water partition coefficient (Wildman–Crippen LogP) is 5.05. The van der Waals surface area contributed by atoms with Crippen LogP contribution in [0.25, 0.3) is 0 Å². The highest BCUT2D eigenvalue weighted by molar-refractivity contribution is 5.28. The quantitative estimate of drug-likeness (QED) is 0.302. The van der Waals surface area contributed by atoms with Crippen molar-refractivity contribution in [2.24, 2.45) is 5.92 Å². The molecule has 0 heterocycles. The third kappa shape index (κ3) is 3.97. The lowest BCUT2D eigenvalue weighted by atomic mass is 9.89. The molecule has 0 bridgehead atoms. The Kier molecular flexibility index (Phi) is 6.85. The standard InChI is InChI=1S/C15H17F7O/c1-2-3-4-5-6-8(7-23)15(21,22)9-10(16)12(18)14(20)13(19)11(9)17/h8,23H,2-7H2,1H3/t8-/m0/s1. The molecule has 1 rings (SSSR count). The first-order chi connectivity index (χ1) is 10.7. The van der Waals surface area contributed by atoms with Gasteiger partial charge in [0.25, 0.3) is 5.92 Å². The van der Waals surface area contributed by atoms with Gasteiger partial charge in [-0.1, -0.05) is 32.6 Å². The third-order valence-corrected chi connectivity index (χ3v) is 3.68. The van der Waals surface area contributed by atoms with Gasteiger partial charge >= 0.3 is 0 Å². The van der Waals surface area contributed by atoms with E-state index in [1.807, 2.05) is 6.92 Å². The number of alkyl halides is 2. The van der Waals surface area contributed by atoms with Crippen LogP contribution >= 0.6 is 0 Å². The Morgan fingerprint density at radius 3 is 1.74 bits per heavy atom. The van der Waals surface area contributed by atoms with Crippen molar-refractivity contribution in [2.75, 3.05) is 6.61 Å². The van der Waals surface area contributed by atoms with Crippen molar-refractivity contribution in [2.45, 2.75) is 45.0 Å². The second-order valence-electron chi connectivity index (χ2n) is 5.30. The molecule has 0 unspecified atom stereocenters. The van der Waals surface area contributed by atoms with Gasteiger partial charge in [0.15, 0.2) is 23.3 Å². The van der Waals surface area contributed by atoms with E-state index in [1.54, 1.807) is 0 Å². The van der Waals surface area contributed by atoms with Crippen molar-refractivity contribution in [3.8, 4) is 0 Å². The Bertz CT molecular complexity index is 516. The van der Waals surface area contributed by atoms with Crippen LogP contribution in [0, 0.1) is 35.0 Å². The highest BCUT2D eigenvalue weighted by Crippen LogP contribution is 2.42. The minimum Gasteiger partial charge on any atom is -0.396 e. The molecule has 8 heteroatoms. The Morgan fingerprint density at radius 1 is 0.826 bits per heavy atom. The smallest absolute Gasteiger partial charge is 0.284 e. The van der Waals surface area contributed by atoms with Gasteiger partial charge in [-0.25, -0.2) is 30.7 Å². The van der Waals surface area contributed by atoms with Crippen molar-refractivity contribution in [1.82, 2.24) is 0 Å². The normalized spacial score (nSPS) is 13.4. The van der Waals surface area contributed by atoms with Gasteiger partial charge in [0.1, 0.15) is 0 Å². The summed E-state index contributed by atoms with van der Waals surface area (Å²) >= 11 is 0. The number of aliphatic hydroxyl groups excluding tert-OH is 1. The van der Waals surface area contributed by atoms with Gasteiger partial charge in [-0.2, -0.15) is 0 Å². The molecule has 0 aliphatic rings. The van der Waals surface area contributed by atoms with Crippen molar-refractivity contribution >= 4 is 0 Å². The predicted molar refractivity (Wildman–Crippen MR) is 69.5 cm³/mol. The average Bonchev–Trinajstić information content (AvgIpc) is 2.50. The molecule has 1 atom stereocenters. The molecule has 1 aromatic carbocycles. The maximum Gasteiger partial charge on any atom is 0.284 e. The fraction of sp³-hybridized carbons (Fsp3) is 0.600. The van der Waals surface area contributed by atoms with Crippen molar-refractivity contribution in [1.29, 1.82) is 0 Å². The molecule has 23 heavy (non-hydrogen) atoms. The van der Waals surface area contributed by atoms with Crippen LogP contribution in [-0.4, -0.2) is 11.7 Å². The van der Waals surface area contributed by atoms with E-state index in [0.29, 0.717) is 6.42 Å². The molecular weight excluding hydrogens is 329 g/mol. The van der Waals surface area contributed by atoms with E-state index < -0.39 is 53.1 Å². The Morgan fingerprint density at radius 2 is 1.30 bits per heavy atom. The highest BCUT2D eigenvalue weighted by atomic mass is 19.3. The van der Waals surface area contributed by atoms with Crippen LogP contribution in [0.1, 0.15) is 44.6 Å². The van der Waals surface area contributed by atoms with E-state index in [1.165, 1.54) is 0 Å². The third-order valence-electron chi connectivity index (χ3n) is 3.68. The van der Waals surface area contributed by atoms with E-state index in [-0.39, 0.29) is 12.8 Å². The Hall–Kier alpha value is -1.31. The monoisotopic (exact) mass is 346 g/mol. The molecule has 1 aromatic rings. The topological polar surface area (TPSA) is 20.2 Å². The minimum atomic E-state index is -4.38. The van der Waals surface area contributed by atoms with Crippen molar-refractivity contribution < 1.29 is 35.8 Å². The molecule has 0 radical (unpaired) electrons. The first-order valence-electron chi connectivity index (χ1n) is 7.20. The second kappa shape index (κ2) is 7.99. The maximum atomic E-state index is 14.2. The van der Waals surface area contributed by atoms with Crippen LogP contribution in [0.2, 0.25) is 0 Å². The Labute approximate surface area is 129 Å². The van der Waals surface area contributed by atoms with Crippen LogP contribution in [0.15, 0.2) is 0 Å². The van der Waals surface area contributed by atoms with E-state index in [4.69, 9.17) is 5.11 Å². The SMILES string of the molecule is CCCCCC[C@@H](CO)C(F)(F)c1c(F)c(F)c(F)c(F)c1F. The summed E-state index contributed by atoms with van der Waals surface area (Å²) in [5.74, 6) is -18.8. The second-order valence-corrected chi connectivity index (χ2v) is 5.30. The fourth-order valence-electron chi connectivity index (χ4n) is 2.31. The first kappa shape index (κ1) is 19.7. The van der Waals surface area contributed by atoms with Gasteiger partial charge in [0, 0.05) is 0 Å². The zero-order chi connectivity index (χ0) is 17.8. The number of hydrogen-bond donors (Lipinski definition) is 1. The molecule has 0 amide bonds. The lowest BCUT2D eigenvalue weighted by Crippen LogP contribution is -2.32. The molecule has 0 aromatic heterocycles. The van der Waals surface area contributed by atoms with Crippen LogP contribution in [0.5, 0.6) is 0 Å². The molecule has 0 saturated heterocycles. The number of rotatable bonds is 8. The molecule has 0 aliphatic carbocycles. The molecule has 132 valence electrons. The summed E-state index contributed by atoms with van der Waals surface area (Å²) in [6, 6.07) is 0. The van der Waals surface area contributed by atoms with E-state index >= 15 is 0 Å². The fourth-order valence-corrected chi connectivity index (χ4v) is 2.31. The molecule has 0 fully saturated rings. The lowest BCUT2D eigenvalue weighted by Gasteiger charge is -2.26. The van der Waals surface area contributed by atoms with Gasteiger partial charge in [0.05, 0.1) is 18.1 Å². The Balaban J connectivity index is 3.20. The first-order valence-corrected chi connectivity index (χ1v) is 7.20. The molecule has 0 spiro atoms. The lowest BCUT2D eigenvalue weighted by molar-refractivity contribution is -0.0924. The van der Waals surface area contributed by atoms with Crippen LogP contribution < -0.4 is 0 Å². The van der Waals surface area contributed by atoms with Crippen LogP contribution in [0.4, 0.5) is 30.7 Å². The summed E-state index contributed by atoms with van der Waals surface area (Å²) in [4.78, 5) is 0. The zero-order valence-electron chi connectivity index (χ0n) is 12.4. The zero-order valence-corrected chi connectivity index (χ0v) is 12.4. The molecule has 0 saturated carbocycles. The summed E-state index contributed by atoms with van der Waals surface area (Å²) < 4.78 is 94.7. The summed E-state index contributed by atoms with van der Waals surface area (Å²) in [7, 11) is 0. The van der Waals surface area contributed by atoms with Crippen molar-refractivity contribution in [3.05, 3.63) is 34.6 Å². The number of halogens is 7. The minimum absolute atomic E-state index is 0.240. The number of unbranched alkanes of at least 4 members (excludes halogenated alkanes) is 3. The van der Waals surface area contributed by atoms with Gasteiger partial charge < -0.3 is 5.11 Å². The van der Waals surface area contributed by atoms with Crippen LogP contribution in [-0.2, 0) is 5.92 Å². The molecule has 0 aliphatic heterocycles. The average molecular weight is 346 g/mol. The van der Waals surface area contributed by atoms with E-state index in [0.717, 1.165) is 12.8 Å². The van der Waals surface area contributed by atoms with Gasteiger partial charge in [-0.15, -0.1) is 0 Å². The number of hydrogen-bond acceptors (Lipinski definition) is 1. The molecular formula is C15H17F7O. The van der Waals surface area contributed by atoms with Crippen LogP contribution in [0.3, 0.4) is 0 Å². The highest BCUT2D eigenvalue weighted by Gasteiger charge is 2.47.